The number of carbonyl (C=O) groups is 2. The highest BCUT2D eigenvalue weighted by Gasteiger charge is 2.71. The minimum absolute atomic E-state index is 0.0267. The lowest BCUT2D eigenvalue weighted by Gasteiger charge is -2.71. The van der Waals surface area contributed by atoms with E-state index in [4.69, 9.17) is 9.47 Å². The molecule has 11 nitrogen and oxygen atoms in total. The fraction of sp³-hybridized carbons (Fsp3) is 0.889. The minimum Gasteiger partial charge on any atom is -0.481 e. The van der Waals surface area contributed by atoms with Crippen molar-refractivity contribution in [2.24, 2.45) is 50.2 Å². The number of esters is 1. The van der Waals surface area contributed by atoms with Crippen molar-refractivity contribution in [3.05, 3.63) is 11.6 Å². The predicted molar refractivity (Wildman–Crippen MR) is 168 cm³/mol. The van der Waals surface area contributed by atoms with Gasteiger partial charge in [-0.2, -0.15) is 0 Å². The Balaban J connectivity index is 1.37. The maximum atomic E-state index is 14.4. The van der Waals surface area contributed by atoms with Crippen LogP contribution >= 0.6 is 0 Å². The molecule has 0 aromatic rings. The lowest BCUT2D eigenvalue weighted by Crippen LogP contribution is -2.66. The fourth-order valence-electron chi connectivity index (χ4n) is 12.0. The summed E-state index contributed by atoms with van der Waals surface area (Å²) in [6.07, 6.45) is -0.0188. The summed E-state index contributed by atoms with van der Waals surface area (Å²) in [6, 6.07) is 0. The van der Waals surface area contributed by atoms with E-state index >= 15 is 0 Å². The SMILES string of the molecule is C[C@@]1(CO)CC[C@]2(C(=O)O[C@@H]3O[C@H](CO)[C@@H](O)[C@H](O)[C@H]3O)CC[C@]3(C)C(=CC[C@@H]4[C@@]5(C)CC[C@H](O)[C@@](C)(C(=O)O)[C@@H]5CC[C@]43C)[C@@H]2C1. The van der Waals surface area contributed by atoms with E-state index in [2.05, 4.69) is 26.8 Å². The molecule has 6 aliphatic rings. The fourth-order valence-corrected chi connectivity index (χ4v) is 12.0. The Morgan fingerprint density at radius 2 is 1.55 bits per heavy atom. The van der Waals surface area contributed by atoms with Crippen LogP contribution in [-0.4, -0.2) is 97.7 Å². The zero-order valence-electron chi connectivity index (χ0n) is 28.5. The molecule has 7 N–H and O–H groups in total. The van der Waals surface area contributed by atoms with Crippen LogP contribution in [0, 0.1) is 50.2 Å². The second-order valence-electron chi connectivity index (χ2n) is 17.4. The van der Waals surface area contributed by atoms with Crippen LogP contribution < -0.4 is 0 Å². The Hall–Kier alpha value is -1.60. The van der Waals surface area contributed by atoms with E-state index in [0.717, 1.165) is 19.3 Å². The second-order valence-corrected chi connectivity index (χ2v) is 17.4. The van der Waals surface area contributed by atoms with Crippen molar-refractivity contribution in [2.45, 2.75) is 136 Å². The topological polar surface area (TPSA) is 194 Å². The van der Waals surface area contributed by atoms with Gasteiger partial charge in [0.2, 0.25) is 6.29 Å². The molecule has 5 aliphatic carbocycles. The van der Waals surface area contributed by atoms with Gasteiger partial charge in [0.15, 0.2) is 0 Å². The number of aliphatic hydroxyl groups excluding tert-OH is 6. The summed E-state index contributed by atoms with van der Waals surface area (Å²) in [5.74, 6) is -1.73. The van der Waals surface area contributed by atoms with Gasteiger partial charge in [-0.25, -0.2) is 0 Å². The number of carbonyl (C=O) groups excluding carboxylic acids is 1. The smallest absolute Gasteiger partial charge is 0.315 e. The number of carboxylic acid groups (broad SMARTS) is 1. The summed E-state index contributed by atoms with van der Waals surface area (Å²) in [7, 11) is 0. The maximum Gasteiger partial charge on any atom is 0.315 e. The Morgan fingerprint density at radius 3 is 2.19 bits per heavy atom. The van der Waals surface area contributed by atoms with Crippen LogP contribution in [0.2, 0.25) is 0 Å². The van der Waals surface area contributed by atoms with Crippen LogP contribution in [0.1, 0.15) is 98.8 Å². The van der Waals surface area contributed by atoms with Gasteiger partial charge < -0.3 is 45.2 Å². The van der Waals surface area contributed by atoms with Crippen LogP contribution in [0.15, 0.2) is 11.6 Å². The molecule has 11 heteroatoms. The maximum absolute atomic E-state index is 14.4. The summed E-state index contributed by atoms with van der Waals surface area (Å²) in [6.45, 7) is 10.0. The molecule has 266 valence electrons. The van der Waals surface area contributed by atoms with E-state index in [9.17, 15) is 45.3 Å². The van der Waals surface area contributed by atoms with Gasteiger partial charge in [-0.3, -0.25) is 9.59 Å². The number of carboxylic acids is 1. The van der Waals surface area contributed by atoms with Gasteiger partial charge in [0.05, 0.1) is 23.5 Å². The monoisotopic (exact) mass is 664 g/mol. The highest BCUT2D eigenvalue weighted by Crippen LogP contribution is 2.76. The molecule has 15 atom stereocenters. The van der Waals surface area contributed by atoms with Crippen LogP contribution in [0.25, 0.3) is 0 Å². The van der Waals surface area contributed by atoms with Gasteiger partial charge in [-0.05, 0) is 111 Å². The third kappa shape index (κ3) is 4.69. The Morgan fingerprint density at radius 1 is 0.872 bits per heavy atom. The van der Waals surface area contributed by atoms with Crippen LogP contribution in [-0.2, 0) is 19.1 Å². The van der Waals surface area contributed by atoms with Gasteiger partial charge in [-0.1, -0.05) is 39.3 Å². The van der Waals surface area contributed by atoms with Crippen molar-refractivity contribution in [3.63, 3.8) is 0 Å². The van der Waals surface area contributed by atoms with Crippen molar-refractivity contribution >= 4 is 11.9 Å². The number of aliphatic hydroxyl groups is 6. The van der Waals surface area contributed by atoms with Gasteiger partial charge in [0.1, 0.15) is 24.4 Å². The predicted octanol–water partition coefficient (Wildman–Crippen LogP) is 2.53. The van der Waals surface area contributed by atoms with Gasteiger partial charge in [-0.15, -0.1) is 0 Å². The normalized spacial score (nSPS) is 54.2. The minimum atomic E-state index is -1.69. The quantitative estimate of drug-likeness (QED) is 0.169. The number of ether oxygens (including phenoxy) is 2. The van der Waals surface area contributed by atoms with E-state index in [0.29, 0.717) is 44.9 Å². The lowest BCUT2D eigenvalue weighted by atomic mass is 9.33. The first-order valence-electron chi connectivity index (χ1n) is 17.6. The zero-order chi connectivity index (χ0) is 34.5. The Labute approximate surface area is 277 Å². The first-order chi connectivity index (χ1) is 21.9. The molecule has 0 unspecified atom stereocenters. The van der Waals surface area contributed by atoms with Crippen molar-refractivity contribution in [2.75, 3.05) is 13.2 Å². The van der Waals surface area contributed by atoms with Crippen LogP contribution in [0.4, 0.5) is 0 Å². The standard InChI is InChI=1S/C36H56O11/c1-31(18-38)12-14-36(30(45)47-28-27(42)26(41)25(40)21(17-37)46-28)15-13-33(3)19(20(36)16-31)6-7-22-32(2)10-9-24(39)35(5,29(43)44)23(32)8-11-34(22,33)4/h6,20-28,37-42H,7-18H2,1-5H3,(H,43,44)/t20-,21+,22+,23+,24-,25+,26-,27+,28-,31+,32+,33+,34+,35-,36-/m0/s1. The van der Waals surface area contributed by atoms with Crippen molar-refractivity contribution in [1.82, 2.24) is 0 Å². The van der Waals surface area contributed by atoms with Crippen LogP contribution in [0.5, 0.6) is 0 Å². The van der Waals surface area contributed by atoms with Crippen molar-refractivity contribution in [1.29, 1.82) is 0 Å². The third-order valence-corrected chi connectivity index (χ3v) is 15.5. The van der Waals surface area contributed by atoms with Crippen molar-refractivity contribution < 1.29 is 54.8 Å². The average Bonchev–Trinajstić information content (AvgIpc) is 3.03. The Bertz CT molecular complexity index is 1300. The average molecular weight is 665 g/mol. The highest BCUT2D eigenvalue weighted by atomic mass is 16.7. The van der Waals surface area contributed by atoms with Crippen molar-refractivity contribution in [3.8, 4) is 0 Å². The zero-order valence-corrected chi connectivity index (χ0v) is 28.5. The molecule has 47 heavy (non-hydrogen) atoms. The summed E-state index contributed by atoms with van der Waals surface area (Å²) >= 11 is 0. The van der Waals surface area contributed by atoms with Gasteiger partial charge in [0.25, 0.3) is 0 Å². The lowest BCUT2D eigenvalue weighted by molar-refractivity contribution is -0.297. The first kappa shape index (κ1) is 35.2. The summed E-state index contributed by atoms with van der Waals surface area (Å²) in [5.41, 5.74) is -2.23. The molecule has 5 fully saturated rings. The van der Waals surface area contributed by atoms with E-state index in [-0.39, 0.29) is 40.6 Å². The summed E-state index contributed by atoms with van der Waals surface area (Å²) in [4.78, 5) is 27.1. The molecule has 0 bridgehead atoms. The number of hydrogen-bond acceptors (Lipinski definition) is 10. The second kappa shape index (κ2) is 11.5. The summed E-state index contributed by atoms with van der Waals surface area (Å²) in [5, 5.41) is 72.9. The molecule has 0 amide bonds. The largest absolute Gasteiger partial charge is 0.481 e. The molecule has 1 aliphatic heterocycles. The number of fused-ring (bicyclic) bond motifs is 7. The number of rotatable bonds is 5. The molecule has 0 spiro atoms. The molecule has 0 radical (unpaired) electrons. The molecule has 0 aromatic heterocycles. The third-order valence-electron chi connectivity index (χ3n) is 15.5. The molecule has 0 aromatic carbocycles. The molecule has 6 rings (SSSR count). The van der Waals surface area contributed by atoms with E-state index in [1.807, 2.05) is 6.92 Å². The van der Waals surface area contributed by atoms with E-state index < -0.39 is 71.6 Å². The number of allylic oxidation sites excluding steroid dienone is 2. The first-order valence-corrected chi connectivity index (χ1v) is 17.6. The van der Waals surface area contributed by atoms with Gasteiger partial charge >= 0.3 is 11.9 Å². The van der Waals surface area contributed by atoms with E-state index in [1.54, 1.807) is 6.92 Å². The number of hydrogen-bond donors (Lipinski definition) is 7. The van der Waals surface area contributed by atoms with Gasteiger partial charge in [0, 0.05) is 6.61 Å². The Kier molecular flexibility index (Phi) is 8.60. The highest BCUT2D eigenvalue weighted by molar-refractivity contribution is 5.79. The molecular weight excluding hydrogens is 608 g/mol. The summed E-state index contributed by atoms with van der Waals surface area (Å²) < 4.78 is 11.5. The van der Waals surface area contributed by atoms with E-state index in [1.165, 1.54) is 5.57 Å². The molecule has 1 saturated heterocycles. The molecular formula is C36H56O11. The molecule has 1 heterocycles. The molecule has 4 saturated carbocycles. The van der Waals surface area contributed by atoms with Crippen LogP contribution in [0.3, 0.4) is 0 Å². The number of aliphatic carboxylic acids is 1.